The zero-order chi connectivity index (χ0) is 36.0. The van der Waals surface area contributed by atoms with Crippen LogP contribution in [-0.2, 0) is 39.9 Å². The van der Waals surface area contributed by atoms with E-state index < -0.39 is 49.9 Å². The number of carbonyl (C=O) groups is 1. The highest BCUT2D eigenvalue weighted by Gasteiger charge is 2.38. The molecule has 5 heterocycles. The number of sulfone groups is 1. The smallest absolute Gasteiger partial charge is 0.306 e. The van der Waals surface area contributed by atoms with Crippen molar-refractivity contribution in [3.63, 3.8) is 0 Å². The number of nitrogens with one attached hydrogen (secondary N) is 1. The van der Waals surface area contributed by atoms with Gasteiger partial charge in [-0.1, -0.05) is 27.2 Å². The van der Waals surface area contributed by atoms with Crippen molar-refractivity contribution in [2.45, 2.75) is 65.2 Å². The second kappa shape index (κ2) is 13.2. The number of carboxylic acids is 1. The van der Waals surface area contributed by atoms with Crippen LogP contribution in [0.1, 0.15) is 69.7 Å². The van der Waals surface area contributed by atoms with Crippen molar-refractivity contribution in [2.75, 3.05) is 11.5 Å². The van der Waals surface area contributed by atoms with Crippen molar-refractivity contribution in [1.82, 2.24) is 34.7 Å². The van der Waals surface area contributed by atoms with E-state index in [9.17, 15) is 18.3 Å². The van der Waals surface area contributed by atoms with Gasteiger partial charge in [-0.15, -0.1) is 0 Å². The number of carboxylic acid groups (broad SMARTS) is 1. The molecule has 4 bridgehead atoms. The lowest BCUT2D eigenvalue weighted by atomic mass is 9.78. The number of rotatable bonds is 4. The van der Waals surface area contributed by atoms with Crippen molar-refractivity contribution in [2.24, 2.45) is 18.4 Å². The van der Waals surface area contributed by atoms with Crippen LogP contribution in [0.15, 0.2) is 43.0 Å². The van der Waals surface area contributed by atoms with Crippen LogP contribution >= 0.6 is 0 Å². The molecule has 0 saturated heterocycles. The molecule has 6 rings (SSSR count). The maximum atomic E-state index is 15.7. The van der Waals surface area contributed by atoms with Gasteiger partial charge in [0, 0.05) is 55.3 Å². The first-order chi connectivity index (χ1) is 23.6. The lowest BCUT2D eigenvalue weighted by Gasteiger charge is -2.29. The standard InChI is InChI=1S/C35H39F2N7O5S/c1-20(32(45)46)15-21-17-38-18-26(41-21)35(4)11-6-10-34(2,3)19-50(47,48)14-9-24-23-8-13-40-29(23)27(36)28(37)30(24)49-22-7-12-39-25(16-22)31-42-33(35)43-44(31)5/h7-8,12-13,16-18,20,40H,6,9-11,14-15,19H2,1-5H3,(H,45,46)/t20-,35?/m0/s1. The molecule has 15 heteroatoms. The van der Waals surface area contributed by atoms with Gasteiger partial charge in [0.2, 0.25) is 5.82 Å². The number of aryl methyl sites for hydroxylation is 2. The second-order valence-electron chi connectivity index (χ2n) is 14.1. The molecule has 0 spiro atoms. The molecule has 2 N–H and O–H groups in total. The average molecular weight is 708 g/mol. The minimum absolute atomic E-state index is 0.0681. The fourth-order valence-corrected chi connectivity index (χ4v) is 8.62. The van der Waals surface area contributed by atoms with Crippen molar-refractivity contribution < 1.29 is 31.8 Å². The molecule has 2 atom stereocenters. The number of nitrogens with zero attached hydrogens (tertiary/aromatic N) is 6. The van der Waals surface area contributed by atoms with E-state index in [-0.39, 0.29) is 41.2 Å². The Morgan fingerprint density at radius 1 is 1.14 bits per heavy atom. The SMILES string of the molecule is C[C@@H](Cc1cncc(C2(C)CCCC(C)(C)CS(=O)(=O)CCc3c(c(F)c(F)c4[nH]ccc34)Oc3ccnc(c3)-c3nc2nn3C)n1)C(=O)O. The minimum Gasteiger partial charge on any atom is -0.481 e. The number of aromatic nitrogens is 7. The molecule has 5 aromatic rings. The van der Waals surface area contributed by atoms with Gasteiger partial charge in [0.25, 0.3) is 0 Å². The number of halogens is 2. The zero-order valence-electron chi connectivity index (χ0n) is 28.5. The van der Waals surface area contributed by atoms with Gasteiger partial charge < -0.3 is 14.8 Å². The van der Waals surface area contributed by atoms with E-state index in [1.807, 2.05) is 20.8 Å². The normalized spacial score (nSPS) is 19.9. The topological polar surface area (TPSA) is 166 Å². The van der Waals surface area contributed by atoms with E-state index in [1.54, 1.807) is 37.1 Å². The fraction of sp³-hybridized carbons (Fsp3) is 0.429. The lowest BCUT2D eigenvalue weighted by molar-refractivity contribution is -0.141. The summed E-state index contributed by atoms with van der Waals surface area (Å²) in [4.78, 5) is 32.9. The van der Waals surface area contributed by atoms with Gasteiger partial charge in [0.05, 0.1) is 39.7 Å². The maximum Gasteiger partial charge on any atom is 0.306 e. The molecule has 12 nitrogen and oxygen atoms in total. The summed E-state index contributed by atoms with van der Waals surface area (Å²) in [6.45, 7) is 7.32. The molecule has 0 fully saturated rings. The highest BCUT2D eigenvalue weighted by molar-refractivity contribution is 7.91. The summed E-state index contributed by atoms with van der Waals surface area (Å²) in [5.41, 5.74) is 0.00195. The first-order valence-electron chi connectivity index (χ1n) is 16.3. The Balaban J connectivity index is 1.49. The van der Waals surface area contributed by atoms with E-state index in [2.05, 4.69) is 15.0 Å². The highest BCUT2D eigenvalue weighted by Crippen LogP contribution is 2.40. The van der Waals surface area contributed by atoms with Crippen LogP contribution in [0.3, 0.4) is 0 Å². The van der Waals surface area contributed by atoms with Gasteiger partial charge in [0.15, 0.2) is 33.1 Å². The molecule has 4 aromatic heterocycles. The van der Waals surface area contributed by atoms with Crippen LogP contribution in [-0.4, -0.2) is 65.7 Å². The number of hydrogen-bond donors (Lipinski definition) is 2. The van der Waals surface area contributed by atoms with Crippen molar-refractivity contribution in [1.29, 1.82) is 0 Å². The van der Waals surface area contributed by atoms with E-state index in [1.165, 1.54) is 24.5 Å². The molecule has 0 radical (unpaired) electrons. The summed E-state index contributed by atoms with van der Waals surface area (Å²) in [6.07, 6.45) is 7.73. The second-order valence-corrected chi connectivity index (χ2v) is 16.3. The van der Waals surface area contributed by atoms with E-state index in [0.29, 0.717) is 53.4 Å². The zero-order valence-corrected chi connectivity index (χ0v) is 29.3. The Morgan fingerprint density at radius 2 is 1.92 bits per heavy atom. The average Bonchev–Trinajstić information content (AvgIpc) is 3.70. The van der Waals surface area contributed by atoms with E-state index in [4.69, 9.17) is 19.8 Å². The van der Waals surface area contributed by atoms with Crippen LogP contribution in [0.2, 0.25) is 0 Å². The molecule has 1 aliphatic heterocycles. The summed E-state index contributed by atoms with van der Waals surface area (Å²) < 4.78 is 65.7. The molecular weight excluding hydrogens is 668 g/mol. The van der Waals surface area contributed by atoms with Gasteiger partial charge in [-0.2, -0.15) is 9.49 Å². The number of hydrogen-bond acceptors (Lipinski definition) is 9. The van der Waals surface area contributed by atoms with Crippen LogP contribution < -0.4 is 4.74 Å². The first-order valence-corrected chi connectivity index (χ1v) is 18.2. The monoisotopic (exact) mass is 707 g/mol. The molecule has 0 aliphatic carbocycles. The Bertz CT molecular complexity index is 2200. The summed E-state index contributed by atoms with van der Waals surface area (Å²) in [5.74, 6) is -3.91. The Kier molecular flexibility index (Phi) is 9.22. The van der Waals surface area contributed by atoms with Gasteiger partial charge in [0.1, 0.15) is 11.4 Å². The predicted molar refractivity (Wildman–Crippen MR) is 182 cm³/mol. The van der Waals surface area contributed by atoms with Gasteiger partial charge in [-0.05, 0) is 43.7 Å². The Hall–Kier alpha value is -4.79. The van der Waals surface area contributed by atoms with Gasteiger partial charge >= 0.3 is 5.97 Å². The maximum absolute atomic E-state index is 15.7. The summed E-state index contributed by atoms with van der Waals surface area (Å²) in [6, 6.07) is 4.60. The third-order valence-corrected chi connectivity index (χ3v) is 11.4. The summed E-state index contributed by atoms with van der Waals surface area (Å²) in [5, 5.41) is 14.6. The quantitative estimate of drug-likeness (QED) is 0.228. The van der Waals surface area contributed by atoms with E-state index in [0.717, 1.165) is 0 Å². The molecule has 264 valence electrons. The fourth-order valence-electron chi connectivity index (χ4n) is 6.62. The summed E-state index contributed by atoms with van der Waals surface area (Å²) >= 11 is 0. The largest absolute Gasteiger partial charge is 0.481 e. The lowest BCUT2D eigenvalue weighted by Crippen LogP contribution is -2.30. The van der Waals surface area contributed by atoms with Crippen LogP contribution in [0.5, 0.6) is 11.5 Å². The van der Waals surface area contributed by atoms with Crippen molar-refractivity contribution in [3.05, 3.63) is 77.4 Å². The number of H-pyrrole nitrogens is 1. The highest BCUT2D eigenvalue weighted by atomic mass is 32.2. The molecule has 1 unspecified atom stereocenters. The Morgan fingerprint density at radius 3 is 2.68 bits per heavy atom. The molecule has 0 saturated carbocycles. The third-order valence-electron chi connectivity index (χ3n) is 9.39. The molecule has 50 heavy (non-hydrogen) atoms. The number of pyridine rings is 1. The first kappa shape index (κ1) is 35.1. The molecular formula is C35H39F2N7O5S. The number of benzene rings is 1. The third kappa shape index (κ3) is 6.96. The minimum atomic E-state index is -3.68. The van der Waals surface area contributed by atoms with Gasteiger partial charge in [-0.3, -0.25) is 19.7 Å². The molecule has 1 aliphatic rings. The molecule has 0 amide bonds. The number of aliphatic carboxylic acids is 1. The molecule has 1 aromatic carbocycles. The van der Waals surface area contributed by atoms with Gasteiger partial charge in [-0.25, -0.2) is 22.5 Å². The van der Waals surface area contributed by atoms with Crippen LogP contribution in [0.25, 0.3) is 22.4 Å². The van der Waals surface area contributed by atoms with Crippen molar-refractivity contribution >= 4 is 26.7 Å². The number of aromatic amines is 1. The number of ether oxygens (including phenoxy) is 1. The predicted octanol–water partition coefficient (Wildman–Crippen LogP) is 5.96. The van der Waals surface area contributed by atoms with Crippen LogP contribution in [0.4, 0.5) is 8.78 Å². The number of fused-ring (bicyclic) bond motifs is 8. The Labute approximate surface area is 288 Å². The van der Waals surface area contributed by atoms with Crippen LogP contribution in [0, 0.1) is 23.0 Å². The van der Waals surface area contributed by atoms with E-state index >= 15 is 8.78 Å². The summed E-state index contributed by atoms with van der Waals surface area (Å²) in [7, 11) is -1.97. The van der Waals surface area contributed by atoms with Crippen molar-refractivity contribution in [3.8, 4) is 23.0 Å².